The minimum atomic E-state index is 0.296. The smallest absolute Gasteiger partial charge is 0.220 e. The van der Waals surface area contributed by atoms with Gasteiger partial charge in [-0.15, -0.1) is 0 Å². The van der Waals surface area contributed by atoms with Gasteiger partial charge in [0.05, 0.1) is 0 Å². The van der Waals surface area contributed by atoms with Crippen molar-refractivity contribution in [2.24, 2.45) is 46.3 Å². The molecule has 0 bridgehead atoms. The highest BCUT2D eigenvalue weighted by Gasteiger charge is 2.62. The summed E-state index contributed by atoms with van der Waals surface area (Å²) in [6.45, 7) is 12.5. The Labute approximate surface area is 148 Å². The van der Waals surface area contributed by atoms with E-state index in [1.807, 2.05) is 0 Å². The summed E-state index contributed by atoms with van der Waals surface area (Å²) in [6.07, 6.45) is 8.81. The third kappa shape index (κ3) is 2.16. The van der Waals surface area contributed by atoms with Crippen LogP contribution in [0.3, 0.4) is 0 Å². The number of nitrogens with one attached hydrogen (secondary N) is 1. The lowest BCUT2D eigenvalue weighted by molar-refractivity contribution is -0.144. The van der Waals surface area contributed by atoms with Gasteiger partial charge in [-0.3, -0.25) is 4.79 Å². The van der Waals surface area contributed by atoms with Crippen LogP contribution in [0.4, 0.5) is 0 Å². The number of fused-ring (bicyclic) bond motifs is 5. The number of piperidine rings is 1. The normalized spacial score (nSPS) is 54.0. The van der Waals surface area contributed by atoms with Crippen LogP contribution in [0.1, 0.15) is 79.6 Å². The Bertz CT molecular complexity index is 528. The second-order valence-corrected chi connectivity index (χ2v) is 10.6. The maximum atomic E-state index is 12.0. The highest BCUT2D eigenvalue weighted by Crippen LogP contribution is 2.67. The van der Waals surface area contributed by atoms with Crippen molar-refractivity contribution in [3.8, 4) is 0 Å². The maximum absolute atomic E-state index is 12.0. The zero-order chi connectivity index (χ0) is 17.3. The quantitative estimate of drug-likeness (QED) is 0.717. The summed E-state index contributed by atoms with van der Waals surface area (Å²) in [5, 5.41) is 3.38. The predicted octanol–water partition coefficient (Wildman–Crippen LogP) is 5.03. The molecule has 136 valence electrons. The summed E-state index contributed by atoms with van der Waals surface area (Å²) in [5.74, 6) is 5.46. The van der Waals surface area contributed by atoms with Crippen LogP contribution in [-0.4, -0.2) is 11.9 Å². The lowest BCUT2D eigenvalue weighted by Crippen LogP contribution is -2.63. The highest BCUT2D eigenvalue weighted by atomic mass is 16.1. The van der Waals surface area contributed by atoms with Crippen molar-refractivity contribution < 1.29 is 4.79 Å². The third-order valence-corrected chi connectivity index (χ3v) is 9.34. The molecule has 1 heterocycles. The molecule has 0 aromatic carbocycles. The number of rotatable bonds is 1. The summed E-state index contributed by atoms with van der Waals surface area (Å²) in [6, 6.07) is 0.432. The van der Waals surface area contributed by atoms with Crippen molar-refractivity contribution in [1.29, 1.82) is 0 Å². The van der Waals surface area contributed by atoms with Crippen LogP contribution in [0, 0.1) is 46.3 Å². The van der Waals surface area contributed by atoms with Gasteiger partial charge in [0.2, 0.25) is 5.91 Å². The van der Waals surface area contributed by atoms with Crippen molar-refractivity contribution in [3.05, 3.63) is 0 Å². The molecule has 0 unspecified atom stereocenters. The van der Waals surface area contributed by atoms with Gasteiger partial charge in [0.15, 0.2) is 0 Å². The average molecular weight is 332 g/mol. The van der Waals surface area contributed by atoms with E-state index in [-0.39, 0.29) is 0 Å². The van der Waals surface area contributed by atoms with Gasteiger partial charge in [-0.25, -0.2) is 0 Å². The molecule has 3 aliphatic carbocycles. The highest BCUT2D eigenvalue weighted by molar-refractivity contribution is 5.77. The van der Waals surface area contributed by atoms with Gasteiger partial charge in [-0.1, -0.05) is 34.6 Å². The molecule has 1 saturated heterocycles. The Hall–Kier alpha value is -0.530. The van der Waals surface area contributed by atoms with Crippen molar-refractivity contribution in [2.45, 2.75) is 85.6 Å². The van der Waals surface area contributed by atoms with Crippen molar-refractivity contribution in [1.82, 2.24) is 5.32 Å². The van der Waals surface area contributed by atoms with E-state index in [0.717, 1.165) is 48.3 Å². The van der Waals surface area contributed by atoms with Crippen LogP contribution in [0.25, 0.3) is 0 Å². The zero-order valence-electron chi connectivity index (χ0n) is 16.4. The average Bonchev–Trinajstić information content (AvgIpc) is 2.86. The summed E-state index contributed by atoms with van der Waals surface area (Å²) in [5.41, 5.74) is 0.924. The lowest BCUT2D eigenvalue weighted by Gasteiger charge is -2.62. The molecule has 1 aliphatic heterocycles. The van der Waals surface area contributed by atoms with Crippen LogP contribution >= 0.6 is 0 Å². The Morgan fingerprint density at radius 3 is 2.46 bits per heavy atom. The summed E-state index contributed by atoms with van der Waals surface area (Å²) >= 11 is 0. The number of carbonyl (C=O) groups is 1. The predicted molar refractivity (Wildman–Crippen MR) is 98.4 cm³/mol. The first kappa shape index (κ1) is 16.9. The van der Waals surface area contributed by atoms with Crippen molar-refractivity contribution in [3.63, 3.8) is 0 Å². The zero-order valence-corrected chi connectivity index (χ0v) is 16.4. The van der Waals surface area contributed by atoms with Gasteiger partial charge >= 0.3 is 0 Å². The third-order valence-electron chi connectivity index (χ3n) is 9.34. The summed E-state index contributed by atoms with van der Waals surface area (Å²) < 4.78 is 0. The molecule has 0 radical (unpaired) electrons. The molecule has 4 rings (SSSR count). The topological polar surface area (TPSA) is 29.1 Å². The van der Waals surface area contributed by atoms with Crippen molar-refractivity contribution >= 4 is 5.91 Å². The van der Waals surface area contributed by atoms with Gasteiger partial charge in [0, 0.05) is 12.5 Å². The van der Waals surface area contributed by atoms with Crippen LogP contribution in [-0.2, 0) is 4.79 Å². The molecular formula is C22H37NO. The lowest BCUT2D eigenvalue weighted by atomic mass is 9.44. The van der Waals surface area contributed by atoms with Crippen LogP contribution in [0.15, 0.2) is 0 Å². The van der Waals surface area contributed by atoms with E-state index < -0.39 is 0 Å². The summed E-state index contributed by atoms with van der Waals surface area (Å²) in [4.78, 5) is 12.0. The first-order valence-electron chi connectivity index (χ1n) is 10.6. The molecular weight excluding hydrogens is 294 g/mol. The van der Waals surface area contributed by atoms with Gasteiger partial charge in [-0.2, -0.15) is 0 Å². The Kier molecular flexibility index (Phi) is 3.86. The minimum absolute atomic E-state index is 0.296. The van der Waals surface area contributed by atoms with Crippen molar-refractivity contribution in [2.75, 3.05) is 0 Å². The fraction of sp³-hybridized carbons (Fsp3) is 0.955. The Balaban J connectivity index is 1.66. The molecule has 3 saturated carbocycles. The number of amides is 1. The molecule has 0 aromatic rings. The molecule has 24 heavy (non-hydrogen) atoms. The monoisotopic (exact) mass is 331 g/mol. The Morgan fingerprint density at radius 1 is 1.04 bits per heavy atom. The van der Waals surface area contributed by atoms with Crippen LogP contribution < -0.4 is 5.32 Å². The minimum Gasteiger partial charge on any atom is -0.353 e. The molecule has 2 nitrogen and oxygen atoms in total. The molecule has 4 aliphatic rings. The fourth-order valence-corrected chi connectivity index (χ4v) is 8.18. The van der Waals surface area contributed by atoms with E-state index in [9.17, 15) is 4.79 Å². The largest absolute Gasteiger partial charge is 0.353 e. The fourth-order valence-electron chi connectivity index (χ4n) is 8.18. The van der Waals surface area contributed by atoms with E-state index >= 15 is 0 Å². The molecule has 0 aromatic heterocycles. The first-order valence-corrected chi connectivity index (χ1v) is 10.6. The molecule has 1 amide bonds. The Morgan fingerprint density at radius 2 is 1.75 bits per heavy atom. The van der Waals surface area contributed by atoms with Crippen LogP contribution in [0.2, 0.25) is 0 Å². The van der Waals surface area contributed by atoms with Gasteiger partial charge in [0.25, 0.3) is 0 Å². The SMILES string of the molecule is CC(C)[C@H]1CC[C@H]2[C@@H]3[C@@H](C)C[C@H]4NC(=O)CC[C@]4(C)[C@H]3CC[C@]12C. The van der Waals surface area contributed by atoms with Gasteiger partial charge < -0.3 is 5.32 Å². The molecule has 1 N–H and O–H groups in total. The number of hydrogen-bond donors (Lipinski definition) is 1. The maximum Gasteiger partial charge on any atom is 0.220 e. The number of hydrogen-bond acceptors (Lipinski definition) is 1. The van der Waals surface area contributed by atoms with E-state index in [0.29, 0.717) is 22.8 Å². The van der Waals surface area contributed by atoms with E-state index in [2.05, 4.69) is 39.9 Å². The molecule has 0 spiro atoms. The summed E-state index contributed by atoms with van der Waals surface area (Å²) in [7, 11) is 0. The number of carbonyl (C=O) groups excluding carboxylic acids is 1. The van der Waals surface area contributed by atoms with E-state index in [1.165, 1.54) is 32.1 Å². The second kappa shape index (κ2) is 5.48. The van der Waals surface area contributed by atoms with Gasteiger partial charge in [-0.05, 0) is 84.9 Å². The molecule has 2 heteroatoms. The van der Waals surface area contributed by atoms with E-state index in [1.54, 1.807) is 0 Å². The molecule has 8 atom stereocenters. The van der Waals surface area contributed by atoms with Gasteiger partial charge in [0.1, 0.15) is 0 Å². The first-order chi connectivity index (χ1) is 11.3. The second-order valence-electron chi connectivity index (χ2n) is 10.6. The van der Waals surface area contributed by atoms with Crippen LogP contribution in [0.5, 0.6) is 0 Å². The molecule has 4 fully saturated rings. The van der Waals surface area contributed by atoms with E-state index in [4.69, 9.17) is 0 Å². The standard InChI is InChI=1S/C22H37NO/c1-13(2)15-6-7-16-20-14(3)12-18-22(5,11-9-19(24)23-18)17(20)8-10-21(15,16)4/h13-18,20H,6-12H2,1-5H3,(H,23,24)/t14-,15+,16-,17-,18+,20-,21+,22+/m0/s1.